The van der Waals surface area contributed by atoms with E-state index in [1.54, 1.807) is 6.21 Å². The molecule has 2 N–H and O–H groups in total. The van der Waals surface area contributed by atoms with E-state index in [1.165, 1.54) is 32.1 Å². The van der Waals surface area contributed by atoms with Gasteiger partial charge in [0.25, 0.3) is 0 Å². The van der Waals surface area contributed by atoms with Crippen LogP contribution in [0.15, 0.2) is 29.4 Å². The zero-order chi connectivity index (χ0) is 15.6. The van der Waals surface area contributed by atoms with Crippen molar-refractivity contribution in [1.29, 1.82) is 0 Å². The van der Waals surface area contributed by atoms with Gasteiger partial charge in [0.15, 0.2) is 5.11 Å². The van der Waals surface area contributed by atoms with Gasteiger partial charge in [0.2, 0.25) is 0 Å². The van der Waals surface area contributed by atoms with Crippen LogP contribution in [0.3, 0.4) is 0 Å². The first-order valence-electron chi connectivity index (χ1n) is 8.10. The maximum absolute atomic E-state index is 5.60. The van der Waals surface area contributed by atoms with Crippen LogP contribution >= 0.6 is 12.2 Å². The van der Waals surface area contributed by atoms with E-state index in [4.69, 9.17) is 17.0 Å². The van der Waals surface area contributed by atoms with Gasteiger partial charge in [0.1, 0.15) is 5.75 Å². The minimum atomic E-state index is 0.495. The van der Waals surface area contributed by atoms with Crippen LogP contribution in [0.4, 0.5) is 0 Å². The van der Waals surface area contributed by atoms with Crippen molar-refractivity contribution in [2.45, 2.75) is 51.5 Å². The van der Waals surface area contributed by atoms with Crippen LogP contribution in [0.1, 0.15) is 51.0 Å². The molecule has 0 unspecified atom stereocenters. The second-order valence-electron chi connectivity index (χ2n) is 5.60. The molecule has 1 aromatic carbocycles. The monoisotopic (exact) mass is 319 g/mol. The highest BCUT2D eigenvalue weighted by atomic mass is 32.1. The van der Waals surface area contributed by atoms with Crippen molar-refractivity contribution >= 4 is 23.5 Å². The van der Waals surface area contributed by atoms with E-state index in [9.17, 15) is 0 Å². The zero-order valence-corrected chi connectivity index (χ0v) is 14.0. The summed E-state index contributed by atoms with van der Waals surface area (Å²) in [5, 5.41) is 8.12. The molecule has 1 aromatic rings. The Bertz CT molecular complexity index is 498. The van der Waals surface area contributed by atoms with Gasteiger partial charge < -0.3 is 10.1 Å². The third-order valence-corrected chi connectivity index (χ3v) is 3.86. The van der Waals surface area contributed by atoms with Crippen molar-refractivity contribution < 1.29 is 4.74 Å². The lowest BCUT2D eigenvalue weighted by atomic mass is 9.96. The lowest BCUT2D eigenvalue weighted by Gasteiger charge is -2.23. The second kappa shape index (κ2) is 9.41. The van der Waals surface area contributed by atoms with Gasteiger partial charge in [-0.2, -0.15) is 5.10 Å². The lowest BCUT2D eigenvalue weighted by Crippen LogP contribution is -2.40. The Morgan fingerprint density at radius 1 is 1.36 bits per heavy atom. The number of ether oxygens (including phenoxy) is 1. The molecule has 0 radical (unpaired) electrons. The molecule has 0 saturated heterocycles. The van der Waals surface area contributed by atoms with E-state index in [0.29, 0.717) is 11.2 Å². The molecule has 1 saturated carbocycles. The number of nitrogens with one attached hydrogen (secondary N) is 2. The van der Waals surface area contributed by atoms with E-state index in [-0.39, 0.29) is 0 Å². The van der Waals surface area contributed by atoms with Gasteiger partial charge in [-0.05, 0) is 49.2 Å². The molecule has 0 spiro atoms. The molecule has 4 nitrogen and oxygen atoms in total. The summed E-state index contributed by atoms with van der Waals surface area (Å²) in [4.78, 5) is 0. The molecule has 1 aliphatic rings. The van der Waals surface area contributed by atoms with Gasteiger partial charge >= 0.3 is 0 Å². The Morgan fingerprint density at radius 3 is 2.95 bits per heavy atom. The molecule has 1 fully saturated rings. The van der Waals surface area contributed by atoms with Crippen LogP contribution < -0.4 is 15.5 Å². The van der Waals surface area contributed by atoms with Crippen LogP contribution in [0, 0.1) is 0 Å². The quantitative estimate of drug-likeness (QED) is 0.478. The summed E-state index contributed by atoms with van der Waals surface area (Å²) in [5.41, 5.74) is 3.88. The summed E-state index contributed by atoms with van der Waals surface area (Å²) >= 11 is 5.27. The minimum Gasteiger partial charge on any atom is -0.494 e. The van der Waals surface area contributed by atoms with Crippen LogP contribution in [0.25, 0.3) is 0 Å². The molecule has 22 heavy (non-hydrogen) atoms. The summed E-state index contributed by atoms with van der Waals surface area (Å²) in [6.07, 6.45) is 9.06. The van der Waals surface area contributed by atoms with Gasteiger partial charge in [-0.15, -0.1) is 0 Å². The Labute approximate surface area is 138 Å². The fourth-order valence-corrected chi connectivity index (χ4v) is 2.75. The Kier molecular flexibility index (Phi) is 7.16. The standard InChI is InChI=1S/C17H25N3OS/c1-2-11-21-16-10-6-7-14(12-16)13-18-20-17(22)19-15-8-4-3-5-9-15/h6-7,10,12-13,15H,2-5,8-9,11H2,1H3,(H2,19,20,22)/b18-13-. The fraction of sp³-hybridized carbons (Fsp3) is 0.529. The van der Waals surface area contributed by atoms with E-state index in [1.807, 2.05) is 24.3 Å². The van der Waals surface area contributed by atoms with E-state index < -0.39 is 0 Å². The highest BCUT2D eigenvalue weighted by Crippen LogP contribution is 2.17. The minimum absolute atomic E-state index is 0.495. The van der Waals surface area contributed by atoms with Gasteiger partial charge in [0, 0.05) is 6.04 Å². The van der Waals surface area contributed by atoms with Crippen molar-refractivity contribution in [3.63, 3.8) is 0 Å². The van der Waals surface area contributed by atoms with Gasteiger partial charge in [-0.1, -0.05) is 38.3 Å². The van der Waals surface area contributed by atoms with Crippen molar-refractivity contribution in [2.75, 3.05) is 6.61 Å². The van der Waals surface area contributed by atoms with E-state index in [0.717, 1.165) is 24.3 Å². The number of benzene rings is 1. The summed E-state index contributed by atoms with van der Waals surface area (Å²) in [6.45, 7) is 2.82. The molecule has 0 aliphatic heterocycles. The molecule has 5 heteroatoms. The number of thiocarbonyl (C=S) groups is 1. The molecule has 0 aromatic heterocycles. The molecule has 120 valence electrons. The third-order valence-electron chi connectivity index (χ3n) is 3.65. The Hall–Kier alpha value is -1.62. The van der Waals surface area contributed by atoms with Gasteiger partial charge in [-0.25, -0.2) is 0 Å². The fourth-order valence-electron chi connectivity index (χ4n) is 2.53. The lowest BCUT2D eigenvalue weighted by molar-refractivity contribution is 0.317. The van der Waals surface area contributed by atoms with Crippen LogP contribution in [-0.2, 0) is 0 Å². The van der Waals surface area contributed by atoms with Crippen LogP contribution in [-0.4, -0.2) is 24.0 Å². The zero-order valence-electron chi connectivity index (χ0n) is 13.2. The number of hydrazone groups is 1. The SMILES string of the molecule is CCCOc1cccc(/C=N\NC(=S)NC2CCCCC2)c1. The number of hydrogen-bond donors (Lipinski definition) is 2. The highest BCUT2D eigenvalue weighted by Gasteiger charge is 2.13. The van der Waals surface area contributed by atoms with Crippen LogP contribution in [0.5, 0.6) is 5.75 Å². The van der Waals surface area contributed by atoms with Gasteiger partial charge in [-0.3, -0.25) is 5.43 Å². The third kappa shape index (κ3) is 6.02. The normalized spacial score (nSPS) is 15.7. The summed E-state index contributed by atoms with van der Waals surface area (Å²) in [7, 11) is 0. The topological polar surface area (TPSA) is 45.6 Å². The summed E-state index contributed by atoms with van der Waals surface area (Å²) in [5.74, 6) is 0.869. The second-order valence-corrected chi connectivity index (χ2v) is 6.01. The molecular formula is C17H25N3OS. The van der Waals surface area contributed by atoms with Crippen molar-refractivity contribution in [1.82, 2.24) is 10.7 Å². The molecule has 0 atom stereocenters. The van der Waals surface area contributed by atoms with Crippen molar-refractivity contribution in [3.05, 3.63) is 29.8 Å². The predicted molar refractivity (Wildman–Crippen MR) is 95.6 cm³/mol. The Balaban J connectivity index is 1.77. The molecule has 2 rings (SSSR count). The molecule has 0 amide bonds. The first-order valence-corrected chi connectivity index (χ1v) is 8.51. The van der Waals surface area contributed by atoms with Crippen LogP contribution in [0.2, 0.25) is 0 Å². The van der Waals surface area contributed by atoms with Crippen molar-refractivity contribution in [3.8, 4) is 5.75 Å². The first kappa shape index (κ1) is 16.7. The summed E-state index contributed by atoms with van der Waals surface area (Å²) < 4.78 is 5.60. The summed E-state index contributed by atoms with van der Waals surface area (Å²) in [6, 6.07) is 8.37. The molecule has 0 bridgehead atoms. The molecule has 0 heterocycles. The van der Waals surface area contributed by atoms with E-state index >= 15 is 0 Å². The largest absolute Gasteiger partial charge is 0.494 e. The maximum atomic E-state index is 5.60. The predicted octanol–water partition coefficient (Wildman–Crippen LogP) is 3.61. The highest BCUT2D eigenvalue weighted by molar-refractivity contribution is 7.80. The molecule has 1 aliphatic carbocycles. The van der Waals surface area contributed by atoms with Crippen molar-refractivity contribution in [2.24, 2.45) is 5.10 Å². The molecular weight excluding hydrogens is 294 g/mol. The average Bonchev–Trinajstić information content (AvgIpc) is 2.54. The maximum Gasteiger partial charge on any atom is 0.187 e. The Morgan fingerprint density at radius 2 is 2.18 bits per heavy atom. The number of nitrogens with zero attached hydrogens (tertiary/aromatic N) is 1. The van der Waals surface area contributed by atoms with Gasteiger partial charge in [0.05, 0.1) is 12.8 Å². The smallest absolute Gasteiger partial charge is 0.187 e. The number of rotatable bonds is 6. The first-order chi connectivity index (χ1) is 10.8. The van der Waals surface area contributed by atoms with E-state index in [2.05, 4.69) is 22.8 Å². The average molecular weight is 319 g/mol. The number of hydrogen-bond acceptors (Lipinski definition) is 3.